The summed E-state index contributed by atoms with van der Waals surface area (Å²) in [6, 6.07) is 6.88. The molecule has 1 aromatic carbocycles. The molecule has 4 rings (SSSR count). The number of aromatic nitrogens is 3. The van der Waals surface area contributed by atoms with Crippen LogP contribution in [0.2, 0.25) is 0 Å². The average molecular weight is 300 g/mol. The molecule has 21 heavy (non-hydrogen) atoms. The highest BCUT2D eigenvalue weighted by Crippen LogP contribution is 2.32. The number of nitrogens with zero attached hydrogens (tertiary/aromatic N) is 3. The Labute approximate surface area is 125 Å². The van der Waals surface area contributed by atoms with Crippen LogP contribution in [0.25, 0.3) is 11.0 Å². The van der Waals surface area contributed by atoms with Crippen LogP contribution in [0.1, 0.15) is 11.1 Å². The van der Waals surface area contributed by atoms with E-state index in [9.17, 15) is 4.39 Å². The fourth-order valence-corrected chi connectivity index (χ4v) is 3.62. The van der Waals surface area contributed by atoms with Gasteiger partial charge in [-0.25, -0.2) is 13.7 Å². The molecule has 0 saturated heterocycles. The topological polar surface area (TPSA) is 44.8 Å². The van der Waals surface area contributed by atoms with E-state index < -0.39 is 0 Å². The second-order valence-corrected chi connectivity index (χ2v) is 6.17. The maximum atomic E-state index is 13.7. The molecule has 0 spiro atoms. The van der Waals surface area contributed by atoms with E-state index in [1.807, 2.05) is 24.5 Å². The van der Waals surface area contributed by atoms with Crippen molar-refractivity contribution in [3.8, 4) is 0 Å². The van der Waals surface area contributed by atoms with E-state index in [2.05, 4.69) is 19.5 Å². The molecular weight excluding hydrogens is 287 g/mol. The van der Waals surface area contributed by atoms with Gasteiger partial charge < -0.3 is 0 Å². The molecule has 1 aliphatic rings. The Hall–Kier alpha value is -1.92. The van der Waals surface area contributed by atoms with Gasteiger partial charge in [0.2, 0.25) is 0 Å². The van der Waals surface area contributed by atoms with Crippen LogP contribution >= 0.6 is 11.9 Å². The van der Waals surface area contributed by atoms with Gasteiger partial charge in [-0.15, -0.1) is 0 Å². The number of halogens is 1. The zero-order valence-electron chi connectivity index (χ0n) is 11.2. The van der Waals surface area contributed by atoms with Crippen LogP contribution in [-0.4, -0.2) is 26.0 Å². The van der Waals surface area contributed by atoms with Gasteiger partial charge in [0.1, 0.15) is 5.82 Å². The smallest absolute Gasteiger partial charge is 0.155 e. The fraction of sp³-hybridized carbons (Fsp3) is 0.200. The largest absolute Gasteiger partial charge is 0.261 e. The van der Waals surface area contributed by atoms with Gasteiger partial charge in [0.25, 0.3) is 0 Å². The molecule has 0 unspecified atom stereocenters. The Bertz CT molecular complexity index is 801. The molecular formula is C15H13FN4S. The van der Waals surface area contributed by atoms with Crippen molar-refractivity contribution in [2.24, 2.45) is 0 Å². The Balaban J connectivity index is 1.61. The van der Waals surface area contributed by atoms with Gasteiger partial charge in [-0.2, -0.15) is 5.10 Å². The highest BCUT2D eigenvalue weighted by Gasteiger charge is 2.21. The van der Waals surface area contributed by atoms with Crippen molar-refractivity contribution >= 4 is 23.0 Å². The molecule has 0 fully saturated rings. The van der Waals surface area contributed by atoms with Gasteiger partial charge in [-0.05, 0) is 41.6 Å². The number of hydrogen-bond donors (Lipinski definition) is 1. The number of benzene rings is 1. The Morgan fingerprint density at radius 2 is 2.14 bits per heavy atom. The van der Waals surface area contributed by atoms with Crippen molar-refractivity contribution in [2.75, 3.05) is 6.54 Å². The Morgan fingerprint density at radius 1 is 1.24 bits per heavy atom. The minimum absolute atomic E-state index is 0.170. The first-order valence-corrected chi connectivity index (χ1v) is 7.56. The summed E-state index contributed by atoms with van der Waals surface area (Å²) >= 11 is 1.47. The maximum Gasteiger partial charge on any atom is 0.155 e. The van der Waals surface area contributed by atoms with E-state index in [4.69, 9.17) is 0 Å². The van der Waals surface area contributed by atoms with Gasteiger partial charge in [-0.3, -0.25) is 5.10 Å². The summed E-state index contributed by atoms with van der Waals surface area (Å²) in [5.41, 5.74) is 3.34. The van der Waals surface area contributed by atoms with Crippen LogP contribution in [0, 0.1) is 5.82 Å². The number of pyridine rings is 1. The number of fused-ring (bicyclic) bond motifs is 3. The van der Waals surface area contributed by atoms with Gasteiger partial charge in [-0.1, -0.05) is 12.1 Å². The summed E-state index contributed by atoms with van der Waals surface area (Å²) in [6.07, 6.45) is 4.65. The monoisotopic (exact) mass is 300 g/mol. The van der Waals surface area contributed by atoms with E-state index in [1.165, 1.54) is 29.1 Å². The lowest BCUT2D eigenvalue weighted by atomic mass is 10.0. The van der Waals surface area contributed by atoms with Gasteiger partial charge in [0.15, 0.2) is 5.65 Å². The first-order valence-electron chi connectivity index (χ1n) is 6.78. The normalized spacial score (nSPS) is 15.3. The van der Waals surface area contributed by atoms with Crippen molar-refractivity contribution in [2.45, 2.75) is 17.9 Å². The molecule has 0 atom stereocenters. The summed E-state index contributed by atoms with van der Waals surface area (Å²) in [4.78, 5) is 5.05. The summed E-state index contributed by atoms with van der Waals surface area (Å²) in [5, 5.41) is 8.05. The van der Waals surface area contributed by atoms with Crippen LogP contribution in [-0.2, 0) is 13.0 Å². The molecule has 106 valence electrons. The lowest BCUT2D eigenvalue weighted by Gasteiger charge is -2.27. The molecule has 3 heterocycles. The fourth-order valence-electron chi connectivity index (χ4n) is 2.66. The van der Waals surface area contributed by atoms with Crippen LogP contribution < -0.4 is 0 Å². The van der Waals surface area contributed by atoms with Crippen molar-refractivity contribution in [3.63, 3.8) is 0 Å². The molecule has 0 amide bonds. The molecule has 2 aromatic heterocycles. The van der Waals surface area contributed by atoms with E-state index in [0.717, 1.165) is 30.5 Å². The van der Waals surface area contributed by atoms with Crippen molar-refractivity contribution in [1.82, 2.24) is 19.5 Å². The summed E-state index contributed by atoms with van der Waals surface area (Å²) in [7, 11) is 0. The van der Waals surface area contributed by atoms with Crippen LogP contribution in [0.5, 0.6) is 0 Å². The van der Waals surface area contributed by atoms with Crippen molar-refractivity contribution in [1.29, 1.82) is 0 Å². The second kappa shape index (κ2) is 5.13. The average Bonchev–Trinajstić information content (AvgIpc) is 2.98. The molecule has 0 bridgehead atoms. The molecule has 0 saturated carbocycles. The zero-order valence-corrected chi connectivity index (χ0v) is 12.0. The zero-order chi connectivity index (χ0) is 14.2. The van der Waals surface area contributed by atoms with Crippen LogP contribution in [0.4, 0.5) is 4.39 Å². The first-order chi connectivity index (χ1) is 10.3. The minimum atomic E-state index is -0.170. The highest BCUT2D eigenvalue weighted by atomic mass is 32.2. The van der Waals surface area contributed by atoms with E-state index >= 15 is 0 Å². The first kappa shape index (κ1) is 12.8. The van der Waals surface area contributed by atoms with Gasteiger partial charge in [0, 0.05) is 24.7 Å². The number of rotatable bonds is 2. The van der Waals surface area contributed by atoms with Crippen molar-refractivity contribution in [3.05, 3.63) is 53.6 Å². The molecule has 0 aliphatic carbocycles. The summed E-state index contributed by atoms with van der Waals surface area (Å²) < 4.78 is 15.9. The summed E-state index contributed by atoms with van der Waals surface area (Å²) in [5.74, 6) is -0.170. The Morgan fingerprint density at radius 3 is 3.05 bits per heavy atom. The lowest BCUT2D eigenvalue weighted by Crippen LogP contribution is -2.25. The molecule has 6 heteroatoms. The van der Waals surface area contributed by atoms with Crippen LogP contribution in [0.15, 0.2) is 41.6 Å². The highest BCUT2D eigenvalue weighted by molar-refractivity contribution is 7.97. The predicted octanol–water partition coefficient (Wildman–Crippen LogP) is 3.16. The van der Waals surface area contributed by atoms with E-state index in [0.29, 0.717) is 4.90 Å². The van der Waals surface area contributed by atoms with E-state index in [1.54, 1.807) is 6.07 Å². The van der Waals surface area contributed by atoms with Gasteiger partial charge in [0.05, 0.1) is 11.1 Å². The third-order valence-electron chi connectivity index (χ3n) is 3.70. The molecule has 1 aliphatic heterocycles. The predicted molar refractivity (Wildman–Crippen MR) is 80.3 cm³/mol. The van der Waals surface area contributed by atoms with Crippen molar-refractivity contribution < 1.29 is 4.39 Å². The minimum Gasteiger partial charge on any atom is -0.261 e. The third kappa shape index (κ3) is 2.30. The van der Waals surface area contributed by atoms with E-state index in [-0.39, 0.29) is 5.82 Å². The quantitative estimate of drug-likeness (QED) is 0.738. The number of nitrogens with one attached hydrogen (secondary N) is 1. The molecule has 3 aromatic rings. The molecule has 0 radical (unpaired) electrons. The number of aromatic amines is 1. The standard InChI is InChI=1S/C15H13FN4S/c16-13-3-1-2-4-14(13)21-20-6-5-11-10(9-20)7-17-15-12(11)8-18-19-15/h1-4,7-8H,5-6,9H2,(H,17,18,19). The third-order valence-corrected chi connectivity index (χ3v) is 4.80. The summed E-state index contributed by atoms with van der Waals surface area (Å²) in [6.45, 7) is 1.65. The number of H-pyrrole nitrogens is 1. The maximum absolute atomic E-state index is 13.7. The number of hydrogen-bond acceptors (Lipinski definition) is 4. The lowest BCUT2D eigenvalue weighted by molar-refractivity contribution is 0.443. The molecule has 1 N–H and O–H groups in total. The molecule has 4 nitrogen and oxygen atoms in total. The SMILES string of the molecule is Fc1ccccc1SN1CCc2c(cnc3[nH]ncc23)C1. The van der Waals surface area contributed by atoms with Gasteiger partial charge >= 0.3 is 0 Å². The second-order valence-electron chi connectivity index (χ2n) is 5.03. The van der Waals surface area contributed by atoms with Crippen LogP contribution in [0.3, 0.4) is 0 Å². The Kier molecular flexibility index (Phi) is 3.12.